The Bertz CT molecular complexity index is 518. The average Bonchev–Trinajstić information content (AvgIpc) is 2.67. The Morgan fingerprint density at radius 3 is 3.06 bits per heavy atom. The van der Waals surface area contributed by atoms with Crippen molar-refractivity contribution in [2.75, 3.05) is 20.1 Å². The zero-order valence-corrected chi connectivity index (χ0v) is 9.44. The highest BCUT2D eigenvalue weighted by Crippen LogP contribution is 2.35. The van der Waals surface area contributed by atoms with Gasteiger partial charge in [-0.2, -0.15) is 0 Å². The molecule has 0 fully saturated rings. The van der Waals surface area contributed by atoms with E-state index in [1.54, 1.807) is 0 Å². The van der Waals surface area contributed by atoms with Crippen LogP contribution in [0.2, 0.25) is 0 Å². The van der Waals surface area contributed by atoms with E-state index in [9.17, 15) is 0 Å². The van der Waals surface area contributed by atoms with Crippen molar-refractivity contribution in [2.45, 2.75) is 12.5 Å². The summed E-state index contributed by atoms with van der Waals surface area (Å²) in [5.74, 6) is 1.07. The van der Waals surface area contributed by atoms with E-state index in [1.807, 2.05) is 12.1 Å². The molecular formula is C13H16N2O. The molecule has 3 heteroatoms. The van der Waals surface area contributed by atoms with Crippen molar-refractivity contribution in [1.82, 2.24) is 4.90 Å². The molecule has 3 nitrogen and oxygen atoms in total. The Morgan fingerprint density at radius 2 is 2.25 bits per heavy atom. The number of fused-ring (bicyclic) bond motifs is 3. The van der Waals surface area contributed by atoms with Gasteiger partial charge in [-0.3, -0.25) is 4.90 Å². The van der Waals surface area contributed by atoms with E-state index in [2.05, 4.69) is 24.1 Å². The highest BCUT2D eigenvalue weighted by atomic mass is 16.3. The highest BCUT2D eigenvalue weighted by molar-refractivity contribution is 5.82. The molecule has 84 valence electrons. The normalized spacial score (nSPS) is 21.2. The maximum atomic E-state index is 5.94. The molecule has 3 rings (SSSR count). The largest absolute Gasteiger partial charge is 0.459 e. The van der Waals surface area contributed by atoms with Gasteiger partial charge in [-0.05, 0) is 19.5 Å². The van der Waals surface area contributed by atoms with Gasteiger partial charge in [0.2, 0.25) is 0 Å². The lowest BCUT2D eigenvalue weighted by molar-refractivity contribution is 0.207. The zero-order chi connectivity index (χ0) is 11.1. The lowest BCUT2D eigenvalue weighted by atomic mass is 9.98. The number of benzene rings is 1. The van der Waals surface area contributed by atoms with E-state index >= 15 is 0 Å². The van der Waals surface area contributed by atoms with Crippen LogP contribution in [0.3, 0.4) is 0 Å². The van der Waals surface area contributed by atoms with Gasteiger partial charge < -0.3 is 10.2 Å². The molecular weight excluding hydrogens is 200 g/mol. The van der Waals surface area contributed by atoms with Crippen LogP contribution in [0, 0.1) is 0 Å². The van der Waals surface area contributed by atoms with E-state index in [-0.39, 0.29) is 6.04 Å². The van der Waals surface area contributed by atoms with Crippen LogP contribution in [-0.4, -0.2) is 25.0 Å². The third-order valence-corrected chi connectivity index (χ3v) is 3.50. The SMILES string of the molecule is CN1CCc2c(oc3ccccc23)C1CN. The molecule has 0 radical (unpaired) electrons. The van der Waals surface area contributed by atoms with Crippen molar-refractivity contribution in [2.24, 2.45) is 5.73 Å². The van der Waals surface area contributed by atoms with Gasteiger partial charge in [0, 0.05) is 24.0 Å². The third kappa shape index (κ3) is 1.29. The van der Waals surface area contributed by atoms with Crippen LogP contribution in [-0.2, 0) is 6.42 Å². The summed E-state index contributed by atoms with van der Waals surface area (Å²) >= 11 is 0. The van der Waals surface area contributed by atoms with Crippen LogP contribution in [0.4, 0.5) is 0 Å². The van der Waals surface area contributed by atoms with Crippen LogP contribution >= 0.6 is 0 Å². The Kier molecular flexibility index (Phi) is 2.23. The quantitative estimate of drug-likeness (QED) is 0.792. The van der Waals surface area contributed by atoms with Crippen molar-refractivity contribution in [3.8, 4) is 0 Å². The van der Waals surface area contributed by atoms with E-state index < -0.39 is 0 Å². The molecule has 2 heterocycles. The summed E-state index contributed by atoms with van der Waals surface area (Å²) in [4.78, 5) is 2.27. The maximum Gasteiger partial charge on any atom is 0.134 e. The predicted molar refractivity (Wildman–Crippen MR) is 64.3 cm³/mol. The van der Waals surface area contributed by atoms with Gasteiger partial charge in [0.25, 0.3) is 0 Å². The molecule has 1 unspecified atom stereocenters. The lowest BCUT2D eigenvalue weighted by Gasteiger charge is -2.30. The first-order valence-electron chi connectivity index (χ1n) is 5.72. The van der Waals surface area contributed by atoms with Crippen molar-refractivity contribution in [1.29, 1.82) is 0 Å². The van der Waals surface area contributed by atoms with Gasteiger partial charge in [-0.25, -0.2) is 0 Å². The smallest absolute Gasteiger partial charge is 0.134 e. The number of nitrogens with zero attached hydrogens (tertiary/aromatic N) is 1. The Labute approximate surface area is 94.8 Å². The third-order valence-electron chi connectivity index (χ3n) is 3.50. The minimum atomic E-state index is 0.233. The van der Waals surface area contributed by atoms with Crippen molar-refractivity contribution < 1.29 is 4.42 Å². The minimum Gasteiger partial charge on any atom is -0.459 e. The Balaban J connectivity index is 2.22. The molecule has 2 N–H and O–H groups in total. The fourth-order valence-corrected chi connectivity index (χ4v) is 2.58. The van der Waals surface area contributed by atoms with E-state index in [0.717, 1.165) is 24.3 Å². The van der Waals surface area contributed by atoms with Crippen LogP contribution in [0.1, 0.15) is 17.4 Å². The van der Waals surface area contributed by atoms with E-state index in [4.69, 9.17) is 10.2 Å². The average molecular weight is 216 g/mol. The first-order valence-corrected chi connectivity index (χ1v) is 5.72. The molecule has 16 heavy (non-hydrogen) atoms. The topological polar surface area (TPSA) is 42.4 Å². The first-order chi connectivity index (χ1) is 7.81. The summed E-state index contributed by atoms with van der Waals surface area (Å²) in [5, 5.41) is 1.25. The number of furan rings is 1. The summed E-state index contributed by atoms with van der Waals surface area (Å²) in [7, 11) is 2.10. The summed E-state index contributed by atoms with van der Waals surface area (Å²) in [5.41, 5.74) is 8.17. The summed E-state index contributed by atoms with van der Waals surface area (Å²) in [6.07, 6.45) is 1.05. The summed E-state index contributed by atoms with van der Waals surface area (Å²) in [6.45, 7) is 1.67. The lowest BCUT2D eigenvalue weighted by Crippen LogP contribution is -2.35. The number of nitrogens with two attached hydrogens (primary N) is 1. The van der Waals surface area contributed by atoms with Crippen LogP contribution in [0.15, 0.2) is 28.7 Å². The fourth-order valence-electron chi connectivity index (χ4n) is 2.58. The van der Waals surface area contributed by atoms with E-state index in [0.29, 0.717) is 6.54 Å². The second kappa shape index (κ2) is 3.61. The molecule has 1 aromatic carbocycles. The van der Waals surface area contributed by atoms with Crippen molar-refractivity contribution in [3.05, 3.63) is 35.6 Å². The number of likely N-dealkylation sites (N-methyl/N-ethyl adjacent to an activating group) is 1. The summed E-state index contributed by atoms with van der Waals surface area (Å²) < 4.78 is 5.94. The van der Waals surface area contributed by atoms with Gasteiger partial charge in [-0.15, -0.1) is 0 Å². The first kappa shape index (κ1) is 9.87. The number of rotatable bonds is 1. The van der Waals surface area contributed by atoms with Crippen LogP contribution in [0.5, 0.6) is 0 Å². The second-order valence-corrected chi connectivity index (χ2v) is 4.42. The van der Waals surface area contributed by atoms with Crippen LogP contribution in [0.25, 0.3) is 11.0 Å². The number of hydrogen-bond acceptors (Lipinski definition) is 3. The van der Waals surface area contributed by atoms with Crippen LogP contribution < -0.4 is 5.73 Å². The second-order valence-electron chi connectivity index (χ2n) is 4.42. The van der Waals surface area contributed by atoms with Crippen molar-refractivity contribution in [3.63, 3.8) is 0 Å². The Morgan fingerprint density at radius 1 is 1.44 bits per heavy atom. The number of para-hydroxylation sites is 1. The molecule has 0 bridgehead atoms. The molecule has 0 saturated carbocycles. The summed E-state index contributed by atoms with van der Waals surface area (Å²) in [6, 6.07) is 8.47. The number of hydrogen-bond donors (Lipinski definition) is 1. The molecule has 0 amide bonds. The highest BCUT2D eigenvalue weighted by Gasteiger charge is 2.28. The molecule has 2 aromatic rings. The van der Waals surface area contributed by atoms with Gasteiger partial charge in [0.1, 0.15) is 11.3 Å². The van der Waals surface area contributed by atoms with Gasteiger partial charge in [0.05, 0.1) is 6.04 Å². The molecule has 0 saturated heterocycles. The molecule has 1 aliphatic rings. The minimum absolute atomic E-state index is 0.233. The molecule has 1 atom stereocenters. The molecule has 0 spiro atoms. The Hall–Kier alpha value is -1.32. The fraction of sp³-hybridized carbons (Fsp3) is 0.385. The van der Waals surface area contributed by atoms with E-state index in [1.165, 1.54) is 10.9 Å². The van der Waals surface area contributed by atoms with Gasteiger partial charge >= 0.3 is 0 Å². The predicted octanol–water partition coefficient (Wildman–Crippen LogP) is 1.92. The van der Waals surface area contributed by atoms with Gasteiger partial charge in [0.15, 0.2) is 0 Å². The van der Waals surface area contributed by atoms with Gasteiger partial charge in [-0.1, -0.05) is 18.2 Å². The standard InChI is InChI=1S/C13H16N2O/c1-15-7-6-10-9-4-2-3-5-12(9)16-13(10)11(15)8-14/h2-5,11H,6-8,14H2,1H3. The molecule has 1 aliphatic heterocycles. The molecule has 0 aliphatic carbocycles. The monoisotopic (exact) mass is 216 g/mol. The zero-order valence-electron chi connectivity index (χ0n) is 9.44. The maximum absolute atomic E-state index is 5.94. The van der Waals surface area contributed by atoms with Crippen molar-refractivity contribution >= 4 is 11.0 Å². The molecule has 1 aromatic heterocycles.